The van der Waals surface area contributed by atoms with Gasteiger partial charge in [-0.25, -0.2) is 0 Å². The molecule has 0 saturated heterocycles. The molecule has 0 spiro atoms. The zero-order valence-electron chi connectivity index (χ0n) is 9.08. The lowest BCUT2D eigenvalue weighted by Gasteiger charge is -2.28. The van der Waals surface area contributed by atoms with Crippen LogP contribution in [-0.2, 0) is 0 Å². The summed E-state index contributed by atoms with van der Waals surface area (Å²) in [6, 6.07) is 7.08. The van der Waals surface area contributed by atoms with Crippen LogP contribution in [0.3, 0.4) is 0 Å². The second-order valence-electron chi connectivity index (χ2n) is 3.73. The third-order valence-corrected chi connectivity index (χ3v) is 2.72. The minimum Gasteiger partial charge on any atom is -0.504 e. The third-order valence-electron chi connectivity index (χ3n) is 2.72. The van der Waals surface area contributed by atoms with Crippen LogP contribution in [0.15, 0.2) is 24.3 Å². The van der Waals surface area contributed by atoms with E-state index in [1.54, 1.807) is 18.2 Å². The van der Waals surface area contributed by atoms with Crippen LogP contribution < -0.4 is 4.74 Å². The summed E-state index contributed by atoms with van der Waals surface area (Å²) in [4.78, 5) is 0. The highest BCUT2D eigenvalue weighted by Gasteiger charge is 2.22. The van der Waals surface area contributed by atoms with Crippen LogP contribution in [0.2, 0.25) is 0 Å². The lowest BCUT2D eigenvalue weighted by molar-refractivity contribution is 0.0768. The summed E-state index contributed by atoms with van der Waals surface area (Å²) in [5, 5.41) is 9.54. The molecule has 1 aromatic carbocycles. The molecule has 78 valence electrons. The zero-order valence-corrected chi connectivity index (χ0v) is 9.08. The third kappa shape index (κ3) is 2.41. The Morgan fingerprint density at radius 1 is 1.21 bits per heavy atom. The van der Waals surface area contributed by atoms with E-state index in [2.05, 4.69) is 20.8 Å². The van der Waals surface area contributed by atoms with E-state index < -0.39 is 0 Å². The van der Waals surface area contributed by atoms with Crippen LogP contribution in [0.1, 0.15) is 33.6 Å². The molecule has 0 aliphatic heterocycles. The molecule has 0 aromatic heterocycles. The standard InChI is InChI=1S/C12H18O2/c1-4-12(3,5-2)14-11-9-7-6-8-10(11)13/h6-9,13H,4-5H2,1-3H3. The van der Waals surface area contributed by atoms with Crippen molar-refractivity contribution >= 4 is 0 Å². The molecule has 1 rings (SSSR count). The number of hydrogen-bond donors (Lipinski definition) is 1. The fraction of sp³-hybridized carbons (Fsp3) is 0.500. The van der Waals surface area contributed by atoms with Gasteiger partial charge in [0.25, 0.3) is 0 Å². The van der Waals surface area contributed by atoms with Crippen molar-refractivity contribution in [1.82, 2.24) is 0 Å². The molecule has 0 unspecified atom stereocenters. The van der Waals surface area contributed by atoms with Crippen molar-refractivity contribution in [2.24, 2.45) is 0 Å². The molecule has 0 radical (unpaired) electrons. The van der Waals surface area contributed by atoms with Gasteiger partial charge in [0.2, 0.25) is 0 Å². The number of phenols is 1. The van der Waals surface area contributed by atoms with Crippen molar-refractivity contribution in [3.8, 4) is 11.5 Å². The molecular weight excluding hydrogens is 176 g/mol. The van der Waals surface area contributed by atoms with Gasteiger partial charge >= 0.3 is 0 Å². The number of phenolic OH excluding ortho intramolecular Hbond substituents is 1. The second-order valence-corrected chi connectivity index (χ2v) is 3.73. The van der Waals surface area contributed by atoms with Crippen LogP contribution in [0.25, 0.3) is 0 Å². The van der Waals surface area contributed by atoms with Crippen molar-refractivity contribution < 1.29 is 9.84 Å². The summed E-state index contributed by atoms with van der Waals surface area (Å²) in [7, 11) is 0. The maximum absolute atomic E-state index is 9.54. The van der Waals surface area contributed by atoms with Crippen molar-refractivity contribution in [2.45, 2.75) is 39.2 Å². The Hall–Kier alpha value is -1.18. The number of benzene rings is 1. The molecule has 0 fully saturated rings. The Kier molecular flexibility index (Phi) is 3.39. The van der Waals surface area contributed by atoms with E-state index in [1.165, 1.54) is 0 Å². The summed E-state index contributed by atoms with van der Waals surface area (Å²) in [6.45, 7) is 6.23. The maximum Gasteiger partial charge on any atom is 0.161 e. The van der Waals surface area contributed by atoms with E-state index >= 15 is 0 Å². The van der Waals surface area contributed by atoms with Gasteiger partial charge in [0, 0.05) is 0 Å². The molecule has 2 nitrogen and oxygen atoms in total. The Bertz CT molecular complexity index is 290. The van der Waals surface area contributed by atoms with Gasteiger partial charge in [0.15, 0.2) is 11.5 Å². The quantitative estimate of drug-likeness (QED) is 0.796. The average Bonchev–Trinajstić information content (AvgIpc) is 2.21. The molecule has 0 aliphatic carbocycles. The van der Waals surface area contributed by atoms with Crippen molar-refractivity contribution in [1.29, 1.82) is 0 Å². The van der Waals surface area contributed by atoms with Crippen LogP contribution in [0, 0.1) is 0 Å². The van der Waals surface area contributed by atoms with Gasteiger partial charge in [0.1, 0.15) is 5.60 Å². The molecule has 0 atom stereocenters. The second kappa shape index (κ2) is 4.36. The maximum atomic E-state index is 9.54. The van der Waals surface area contributed by atoms with Gasteiger partial charge in [-0.05, 0) is 31.9 Å². The Labute approximate surface area is 85.5 Å². The molecule has 0 heterocycles. The van der Waals surface area contributed by atoms with Crippen LogP contribution in [0.4, 0.5) is 0 Å². The molecule has 2 heteroatoms. The highest BCUT2D eigenvalue weighted by Crippen LogP contribution is 2.30. The lowest BCUT2D eigenvalue weighted by atomic mass is 10.00. The normalized spacial score (nSPS) is 11.4. The molecule has 0 amide bonds. The number of ether oxygens (including phenoxy) is 1. The van der Waals surface area contributed by atoms with E-state index in [4.69, 9.17) is 4.74 Å². The number of para-hydroxylation sites is 2. The zero-order chi connectivity index (χ0) is 10.6. The van der Waals surface area contributed by atoms with Crippen LogP contribution in [0.5, 0.6) is 11.5 Å². The van der Waals surface area contributed by atoms with Gasteiger partial charge in [-0.3, -0.25) is 0 Å². The Morgan fingerprint density at radius 2 is 1.79 bits per heavy atom. The SMILES string of the molecule is CCC(C)(CC)Oc1ccccc1O. The fourth-order valence-electron chi connectivity index (χ4n) is 1.20. The monoisotopic (exact) mass is 194 g/mol. The highest BCUT2D eigenvalue weighted by atomic mass is 16.5. The number of hydrogen-bond acceptors (Lipinski definition) is 2. The lowest BCUT2D eigenvalue weighted by Crippen LogP contribution is -2.30. The van der Waals surface area contributed by atoms with Crippen molar-refractivity contribution in [2.75, 3.05) is 0 Å². The predicted octanol–water partition coefficient (Wildman–Crippen LogP) is 3.35. The molecular formula is C12H18O2. The predicted molar refractivity (Wildman–Crippen MR) is 57.7 cm³/mol. The van der Waals surface area contributed by atoms with E-state index in [9.17, 15) is 5.11 Å². The molecule has 0 saturated carbocycles. The molecule has 14 heavy (non-hydrogen) atoms. The van der Waals surface area contributed by atoms with Gasteiger partial charge in [0.05, 0.1) is 0 Å². The first-order valence-corrected chi connectivity index (χ1v) is 5.08. The van der Waals surface area contributed by atoms with Gasteiger partial charge in [-0.15, -0.1) is 0 Å². The Morgan fingerprint density at radius 3 is 2.29 bits per heavy atom. The average molecular weight is 194 g/mol. The summed E-state index contributed by atoms with van der Waals surface area (Å²) in [5.74, 6) is 0.777. The highest BCUT2D eigenvalue weighted by molar-refractivity contribution is 5.38. The summed E-state index contributed by atoms with van der Waals surface area (Å²) >= 11 is 0. The van der Waals surface area contributed by atoms with Crippen LogP contribution in [-0.4, -0.2) is 10.7 Å². The van der Waals surface area contributed by atoms with Gasteiger partial charge in [-0.1, -0.05) is 26.0 Å². The first kappa shape index (κ1) is 10.9. The summed E-state index contributed by atoms with van der Waals surface area (Å²) in [5.41, 5.74) is -0.182. The number of aromatic hydroxyl groups is 1. The van der Waals surface area contributed by atoms with Crippen molar-refractivity contribution in [3.05, 3.63) is 24.3 Å². The molecule has 1 N–H and O–H groups in total. The van der Waals surface area contributed by atoms with Gasteiger partial charge in [-0.2, -0.15) is 0 Å². The van der Waals surface area contributed by atoms with Crippen LogP contribution >= 0.6 is 0 Å². The molecule has 1 aromatic rings. The molecule has 0 aliphatic rings. The van der Waals surface area contributed by atoms with E-state index in [0.29, 0.717) is 5.75 Å². The minimum atomic E-state index is -0.182. The largest absolute Gasteiger partial charge is 0.504 e. The first-order chi connectivity index (χ1) is 6.61. The minimum absolute atomic E-state index is 0.182. The van der Waals surface area contributed by atoms with E-state index in [1.807, 2.05) is 6.07 Å². The van der Waals surface area contributed by atoms with E-state index in [0.717, 1.165) is 12.8 Å². The number of rotatable bonds is 4. The molecule has 0 bridgehead atoms. The Balaban J connectivity index is 2.82. The van der Waals surface area contributed by atoms with Crippen molar-refractivity contribution in [3.63, 3.8) is 0 Å². The smallest absolute Gasteiger partial charge is 0.161 e. The van der Waals surface area contributed by atoms with E-state index in [-0.39, 0.29) is 11.4 Å². The summed E-state index contributed by atoms with van der Waals surface area (Å²) < 4.78 is 5.78. The fourth-order valence-corrected chi connectivity index (χ4v) is 1.20. The first-order valence-electron chi connectivity index (χ1n) is 5.08. The topological polar surface area (TPSA) is 29.5 Å². The summed E-state index contributed by atoms with van der Waals surface area (Å²) in [6.07, 6.45) is 1.86. The van der Waals surface area contributed by atoms with Gasteiger partial charge < -0.3 is 9.84 Å².